The summed E-state index contributed by atoms with van der Waals surface area (Å²) in [4.78, 5) is 5.31. The van der Waals surface area contributed by atoms with Gasteiger partial charge in [-0.25, -0.2) is 4.98 Å². The number of hydrogen-bond acceptors (Lipinski definition) is 4. The molecule has 2 aromatic rings. The maximum atomic E-state index is 5.61. The lowest BCUT2D eigenvalue weighted by Gasteiger charge is -2.03. The molecule has 1 aliphatic rings. The largest absolute Gasteiger partial charge is 0.493 e. The van der Waals surface area contributed by atoms with Crippen LogP contribution in [0.1, 0.15) is 16.0 Å². The van der Waals surface area contributed by atoms with Crippen molar-refractivity contribution in [3.8, 4) is 5.75 Å². The molecular weight excluding hydrogens is 232 g/mol. The standard InChI is InChI=1S/C13H14N2OS/c14-13-15-8-11(17-13)3-1-9-2-4-12-10(7-9)5-6-16-12/h2,4,7-8H,1,3,5-6H2,(H2,14,15). The molecule has 1 aromatic carbocycles. The average Bonchev–Trinajstić information content (AvgIpc) is 2.94. The number of thiazole rings is 1. The zero-order chi connectivity index (χ0) is 11.7. The Labute approximate surface area is 104 Å². The van der Waals surface area contributed by atoms with E-state index >= 15 is 0 Å². The van der Waals surface area contributed by atoms with Gasteiger partial charge in [-0.05, 0) is 30.0 Å². The number of rotatable bonds is 3. The van der Waals surface area contributed by atoms with Gasteiger partial charge in [0.25, 0.3) is 0 Å². The van der Waals surface area contributed by atoms with Gasteiger partial charge in [-0.2, -0.15) is 0 Å². The van der Waals surface area contributed by atoms with Crippen LogP contribution in [-0.2, 0) is 19.3 Å². The molecule has 0 bridgehead atoms. The molecule has 0 saturated heterocycles. The molecule has 0 aliphatic carbocycles. The molecule has 0 fully saturated rings. The number of benzene rings is 1. The summed E-state index contributed by atoms with van der Waals surface area (Å²) in [7, 11) is 0. The molecule has 1 aliphatic heterocycles. The van der Waals surface area contributed by atoms with E-state index in [4.69, 9.17) is 10.5 Å². The van der Waals surface area contributed by atoms with Gasteiger partial charge in [-0.15, -0.1) is 11.3 Å². The third kappa shape index (κ3) is 2.26. The number of ether oxygens (including phenoxy) is 1. The molecule has 0 unspecified atom stereocenters. The first-order valence-electron chi connectivity index (χ1n) is 5.76. The van der Waals surface area contributed by atoms with Crippen LogP contribution in [0.3, 0.4) is 0 Å². The maximum Gasteiger partial charge on any atom is 0.180 e. The predicted octanol–water partition coefficient (Wildman–Crippen LogP) is 2.45. The fourth-order valence-electron chi connectivity index (χ4n) is 2.10. The molecule has 0 saturated carbocycles. The highest BCUT2D eigenvalue weighted by Crippen LogP contribution is 2.26. The quantitative estimate of drug-likeness (QED) is 0.905. The molecule has 4 heteroatoms. The minimum Gasteiger partial charge on any atom is -0.493 e. The van der Waals surface area contributed by atoms with Crippen molar-refractivity contribution in [2.75, 3.05) is 12.3 Å². The van der Waals surface area contributed by atoms with Crippen LogP contribution in [0, 0.1) is 0 Å². The van der Waals surface area contributed by atoms with Crippen LogP contribution in [0.25, 0.3) is 0 Å². The Morgan fingerprint density at radius 1 is 1.35 bits per heavy atom. The molecule has 88 valence electrons. The Bertz CT molecular complexity index is 536. The van der Waals surface area contributed by atoms with Gasteiger partial charge in [0.15, 0.2) is 5.13 Å². The summed E-state index contributed by atoms with van der Waals surface area (Å²) in [5.41, 5.74) is 8.31. The molecule has 1 aromatic heterocycles. The number of aromatic nitrogens is 1. The van der Waals surface area contributed by atoms with Crippen molar-refractivity contribution in [2.24, 2.45) is 0 Å². The van der Waals surface area contributed by atoms with Crippen molar-refractivity contribution in [2.45, 2.75) is 19.3 Å². The van der Waals surface area contributed by atoms with Gasteiger partial charge < -0.3 is 10.5 Å². The smallest absolute Gasteiger partial charge is 0.180 e. The first-order chi connectivity index (χ1) is 8.31. The topological polar surface area (TPSA) is 48.1 Å². The Morgan fingerprint density at radius 2 is 2.29 bits per heavy atom. The van der Waals surface area contributed by atoms with E-state index in [0.717, 1.165) is 31.6 Å². The minimum absolute atomic E-state index is 0.655. The van der Waals surface area contributed by atoms with Gasteiger partial charge in [0.2, 0.25) is 0 Å². The van der Waals surface area contributed by atoms with E-state index in [2.05, 4.69) is 23.2 Å². The van der Waals surface area contributed by atoms with Crippen LogP contribution in [0.5, 0.6) is 5.75 Å². The predicted molar refractivity (Wildman–Crippen MR) is 69.6 cm³/mol. The summed E-state index contributed by atoms with van der Waals surface area (Å²) < 4.78 is 5.50. The SMILES string of the molecule is Nc1ncc(CCc2ccc3c(c2)CCO3)s1. The fraction of sp³-hybridized carbons (Fsp3) is 0.308. The zero-order valence-corrected chi connectivity index (χ0v) is 10.3. The summed E-state index contributed by atoms with van der Waals surface area (Å²) in [6, 6.07) is 6.49. The molecule has 0 radical (unpaired) electrons. The second-order valence-corrected chi connectivity index (χ2v) is 5.35. The van der Waals surface area contributed by atoms with Gasteiger partial charge >= 0.3 is 0 Å². The monoisotopic (exact) mass is 246 g/mol. The van der Waals surface area contributed by atoms with E-state index < -0.39 is 0 Å². The van der Waals surface area contributed by atoms with Gasteiger partial charge in [-0.3, -0.25) is 0 Å². The second-order valence-electron chi connectivity index (χ2n) is 4.21. The third-order valence-electron chi connectivity index (χ3n) is 2.99. The van der Waals surface area contributed by atoms with E-state index in [1.165, 1.54) is 16.0 Å². The lowest BCUT2D eigenvalue weighted by atomic mass is 10.0. The molecule has 2 N–H and O–H groups in total. The Hall–Kier alpha value is -1.55. The lowest BCUT2D eigenvalue weighted by molar-refractivity contribution is 0.357. The summed E-state index contributed by atoms with van der Waals surface area (Å²) >= 11 is 1.57. The lowest BCUT2D eigenvalue weighted by Crippen LogP contribution is -1.90. The highest BCUT2D eigenvalue weighted by atomic mass is 32.1. The summed E-state index contributed by atoms with van der Waals surface area (Å²) in [6.07, 6.45) is 4.95. The molecule has 0 spiro atoms. The van der Waals surface area contributed by atoms with Crippen LogP contribution in [0.2, 0.25) is 0 Å². The van der Waals surface area contributed by atoms with Gasteiger partial charge in [0.1, 0.15) is 5.75 Å². The van der Waals surface area contributed by atoms with Gasteiger partial charge in [-0.1, -0.05) is 12.1 Å². The number of aryl methyl sites for hydroxylation is 2. The molecule has 3 nitrogen and oxygen atoms in total. The Morgan fingerprint density at radius 3 is 3.12 bits per heavy atom. The Kier molecular flexibility index (Phi) is 2.73. The number of hydrogen-bond donors (Lipinski definition) is 1. The molecule has 2 heterocycles. The molecule has 0 atom stereocenters. The summed E-state index contributed by atoms with van der Waals surface area (Å²) in [5.74, 6) is 1.05. The van der Waals surface area contributed by atoms with E-state index in [1.54, 1.807) is 11.3 Å². The van der Waals surface area contributed by atoms with E-state index in [9.17, 15) is 0 Å². The highest BCUT2D eigenvalue weighted by Gasteiger charge is 2.11. The Balaban J connectivity index is 1.69. The first-order valence-corrected chi connectivity index (χ1v) is 6.58. The molecular formula is C13H14N2OS. The average molecular weight is 246 g/mol. The van der Waals surface area contributed by atoms with Crippen molar-refractivity contribution >= 4 is 16.5 Å². The minimum atomic E-state index is 0.655. The molecule has 3 rings (SSSR count). The summed E-state index contributed by atoms with van der Waals surface area (Å²) in [6.45, 7) is 0.824. The highest BCUT2D eigenvalue weighted by molar-refractivity contribution is 7.15. The van der Waals surface area contributed by atoms with Crippen molar-refractivity contribution in [1.82, 2.24) is 4.98 Å². The van der Waals surface area contributed by atoms with Crippen LogP contribution >= 0.6 is 11.3 Å². The third-order valence-corrected chi connectivity index (χ3v) is 3.87. The first kappa shape index (κ1) is 10.6. The van der Waals surface area contributed by atoms with Crippen LogP contribution < -0.4 is 10.5 Å². The van der Waals surface area contributed by atoms with Crippen LogP contribution in [0.4, 0.5) is 5.13 Å². The number of nitrogens with zero attached hydrogens (tertiary/aromatic N) is 1. The second kappa shape index (κ2) is 4.37. The number of nitrogen functional groups attached to an aromatic ring is 1. The van der Waals surface area contributed by atoms with Crippen molar-refractivity contribution < 1.29 is 4.74 Å². The molecule has 0 amide bonds. The van der Waals surface area contributed by atoms with Gasteiger partial charge in [0.05, 0.1) is 6.61 Å². The van der Waals surface area contributed by atoms with Crippen LogP contribution in [0.15, 0.2) is 24.4 Å². The van der Waals surface area contributed by atoms with Crippen molar-refractivity contribution in [3.05, 3.63) is 40.4 Å². The number of fused-ring (bicyclic) bond motifs is 1. The zero-order valence-electron chi connectivity index (χ0n) is 9.48. The van der Waals surface area contributed by atoms with E-state index in [1.807, 2.05) is 6.20 Å². The molecule has 17 heavy (non-hydrogen) atoms. The number of nitrogens with two attached hydrogens (primary N) is 1. The normalized spacial score (nSPS) is 13.4. The summed E-state index contributed by atoms with van der Waals surface area (Å²) in [5, 5.41) is 0.655. The van der Waals surface area contributed by atoms with E-state index in [0.29, 0.717) is 5.13 Å². The maximum absolute atomic E-state index is 5.61. The van der Waals surface area contributed by atoms with Crippen LogP contribution in [-0.4, -0.2) is 11.6 Å². The van der Waals surface area contributed by atoms with Crippen molar-refractivity contribution in [3.63, 3.8) is 0 Å². The van der Waals surface area contributed by atoms with Gasteiger partial charge in [0, 0.05) is 17.5 Å². The van der Waals surface area contributed by atoms with E-state index in [-0.39, 0.29) is 0 Å². The fourth-order valence-corrected chi connectivity index (χ4v) is 2.78. The number of anilines is 1. The van der Waals surface area contributed by atoms with Crippen molar-refractivity contribution in [1.29, 1.82) is 0 Å².